The second kappa shape index (κ2) is 7.11. The lowest BCUT2D eigenvalue weighted by Crippen LogP contribution is -2.43. The zero-order chi connectivity index (χ0) is 16.2. The summed E-state index contributed by atoms with van der Waals surface area (Å²) in [4.78, 5) is 13.3. The van der Waals surface area contributed by atoms with Crippen LogP contribution < -0.4 is 5.32 Å². The van der Waals surface area contributed by atoms with Gasteiger partial charge in [0.15, 0.2) is 0 Å². The normalized spacial score (nSPS) is 16.5. The molecule has 7 heteroatoms. The average Bonchev–Trinajstić information content (AvgIpc) is 2.52. The van der Waals surface area contributed by atoms with Gasteiger partial charge in [0.05, 0.1) is 4.90 Å². The molecule has 6 nitrogen and oxygen atoms in total. The largest absolute Gasteiger partial charge is 0.341 e. The summed E-state index contributed by atoms with van der Waals surface area (Å²) < 4.78 is 30.9. The van der Waals surface area contributed by atoms with Gasteiger partial charge in [-0.2, -0.15) is 8.42 Å². The van der Waals surface area contributed by atoms with Gasteiger partial charge in [-0.1, -0.05) is 12.1 Å². The van der Waals surface area contributed by atoms with Crippen molar-refractivity contribution < 1.29 is 17.8 Å². The first-order valence-corrected chi connectivity index (χ1v) is 8.87. The molecule has 22 heavy (non-hydrogen) atoms. The Morgan fingerprint density at radius 2 is 1.86 bits per heavy atom. The lowest BCUT2D eigenvalue weighted by Gasteiger charge is -2.31. The van der Waals surface area contributed by atoms with Crippen molar-refractivity contribution in [1.82, 2.24) is 10.2 Å². The SMILES string of the molecule is CNC(=O)N1CCC(CCc2ccc(S(=O)(=O)O)cc2)CC1. The lowest BCUT2D eigenvalue weighted by atomic mass is 9.91. The van der Waals surface area contributed by atoms with Crippen LogP contribution in [0.25, 0.3) is 0 Å². The Hall–Kier alpha value is -1.60. The quantitative estimate of drug-likeness (QED) is 0.828. The van der Waals surface area contributed by atoms with Crippen LogP contribution in [0, 0.1) is 5.92 Å². The lowest BCUT2D eigenvalue weighted by molar-refractivity contribution is 0.170. The first-order chi connectivity index (χ1) is 10.4. The van der Waals surface area contributed by atoms with Crippen molar-refractivity contribution in [3.05, 3.63) is 29.8 Å². The molecule has 1 fully saturated rings. The van der Waals surface area contributed by atoms with E-state index in [0.717, 1.165) is 44.3 Å². The number of urea groups is 1. The van der Waals surface area contributed by atoms with Gasteiger partial charge in [-0.05, 0) is 49.3 Å². The number of rotatable bonds is 4. The van der Waals surface area contributed by atoms with Crippen LogP contribution in [0.1, 0.15) is 24.8 Å². The predicted molar refractivity (Wildman–Crippen MR) is 83.3 cm³/mol. The van der Waals surface area contributed by atoms with Crippen LogP contribution >= 0.6 is 0 Å². The number of amides is 2. The van der Waals surface area contributed by atoms with E-state index in [1.807, 2.05) is 4.90 Å². The second-order valence-electron chi connectivity index (χ2n) is 5.64. The molecule has 0 saturated carbocycles. The predicted octanol–water partition coefficient (Wildman–Crippen LogP) is 1.92. The molecule has 1 aliphatic heterocycles. The zero-order valence-corrected chi connectivity index (χ0v) is 13.5. The Balaban J connectivity index is 1.81. The standard InChI is InChI=1S/C15H22N2O4S/c1-16-15(18)17-10-8-13(9-11-17)3-2-12-4-6-14(7-5-12)22(19,20)21/h4-7,13H,2-3,8-11H2,1H3,(H,16,18)(H,19,20,21). The Labute approximate surface area is 131 Å². The van der Waals surface area contributed by atoms with E-state index in [9.17, 15) is 13.2 Å². The fourth-order valence-corrected chi connectivity index (χ4v) is 3.26. The van der Waals surface area contributed by atoms with Crippen LogP contribution in [0.15, 0.2) is 29.2 Å². The average molecular weight is 326 g/mol. The first kappa shape index (κ1) is 16.8. The summed E-state index contributed by atoms with van der Waals surface area (Å²) in [6.45, 7) is 1.57. The number of piperidine rings is 1. The molecule has 1 aliphatic rings. The summed E-state index contributed by atoms with van der Waals surface area (Å²) in [5.74, 6) is 0.585. The molecule has 2 rings (SSSR count). The molecule has 0 bridgehead atoms. The van der Waals surface area contributed by atoms with Gasteiger partial charge in [0, 0.05) is 20.1 Å². The summed E-state index contributed by atoms with van der Waals surface area (Å²) in [6, 6.07) is 6.32. The van der Waals surface area contributed by atoms with E-state index in [1.165, 1.54) is 12.1 Å². The third-order valence-corrected chi connectivity index (χ3v) is 5.05. The molecule has 0 unspecified atom stereocenters. The Kier molecular flexibility index (Phi) is 5.42. The van der Waals surface area contributed by atoms with Crippen LogP contribution in [0.3, 0.4) is 0 Å². The number of carbonyl (C=O) groups is 1. The van der Waals surface area contributed by atoms with E-state index >= 15 is 0 Å². The highest BCUT2D eigenvalue weighted by Gasteiger charge is 2.21. The molecule has 0 aliphatic carbocycles. The van der Waals surface area contributed by atoms with Crippen LogP contribution in [0.5, 0.6) is 0 Å². The highest BCUT2D eigenvalue weighted by atomic mass is 32.2. The smallest absolute Gasteiger partial charge is 0.317 e. The minimum Gasteiger partial charge on any atom is -0.341 e. The van der Waals surface area contributed by atoms with Gasteiger partial charge in [-0.3, -0.25) is 4.55 Å². The van der Waals surface area contributed by atoms with Gasteiger partial charge < -0.3 is 10.2 Å². The van der Waals surface area contributed by atoms with E-state index in [2.05, 4.69) is 5.32 Å². The molecule has 0 aromatic heterocycles. The third kappa shape index (κ3) is 4.45. The van der Waals surface area contributed by atoms with Gasteiger partial charge in [0.25, 0.3) is 10.1 Å². The fourth-order valence-electron chi connectivity index (χ4n) is 2.78. The Morgan fingerprint density at radius 1 is 1.27 bits per heavy atom. The highest BCUT2D eigenvalue weighted by Crippen LogP contribution is 2.23. The molecule has 1 saturated heterocycles. The van der Waals surface area contributed by atoms with Gasteiger partial charge in [-0.25, -0.2) is 4.79 Å². The van der Waals surface area contributed by atoms with Crippen molar-refractivity contribution in [2.75, 3.05) is 20.1 Å². The van der Waals surface area contributed by atoms with E-state index in [-0.39, 0.29) is 10.9 Å². The number of hydrogen-bond donors (Lipinski definition) is 2. The summed E-state index contributed by atoms with van der Waals surface area (Å²) >= 11 is 0. The van der Waals surface area contributed by atoms with Crippen molar-refractivity contribution in [3.8, 4) is 0 Å². The van der Waals surface area contributed by atoms with Crippen molar-refractivity contribution in [1.29, 1.82) is 0 Å². The topological polar surface area (TPSA) is 86.7 Å². The minimum absolute atomic E-state index is 0.0146. The van der Waals surface area contributed by atoms with E-state index in [4.69, 9.17) is 4.55 Å². The van der Waals surface area contributed by atoms with Crippen molar-refractivity contribution in [2.24, 2.45) is 5.92 Å². The summed E-state index contributed by atoms with van der Waals surface area (Å²) in [5, 5.41) is 2.64. The number of nitrogens with zero attached hydrogens (tertiary/aromatic N) is 1. The molecule has 122 valence electrons. The van der Waals surface area contributed by atoms with E-state index in [0.29, 0.717) is 5.92 Å². The zero-order valence-electron chi connectivity index (χ0n) is 12.7. The monoisotopic (exact) mass is 326 g/mol. The highest BCUT2D eigenvalue weighted by molar-refractivity contribution is 7.85. The Morgan fingerprint density at radius 3 is 2.36 bits per heavy atom. The first-order valence-electron chi connectivity index (χ1n) is 7.43. The molecule has 1 aromatic carbocycles. The van der Waals surface area contributed by atoms with Crippen molar-refractivity contribution in [2.45, 2.75) is 30.6 Å². The van der Waals surface area contributed by atoms with Crippen molar-refractivity contribution in [3.63, 3.8) is 0 Å². The molecule has 2 N–H and O–H groups in total. The number of carbonyl (C=O) groups excluding carboxylic acids is 1. The Bertz CT molecular complexity index is 605. The number of nitrogens with one attached hydrogen (secondary N) is 1. The molecule has 1 heterocycles. The molecule has 0 spiro atoms. The molecule has 2 amide bonds. The maximum absolute atomic E-state index is 11.5. The fraction of sp³-hybridized carbons (Fsp3) is 0.533. The minimum atomic E-state index is -4.12. The number of likely N-dealkylation sites (tertiary alicyclic amines) is 1. The molecule has 1 aromatic rings. The number of hydrogen-bond acceptors (Lipinski definition) is 3. The summed E-state index contributed by atoms with van der Waals surface area (Å²) in [5.41, 5.74) is 1.06. The second-order valence-corrected chi connectivity index (χ2v) is 7.06. The molecular formula is C15H22N2O4S. The van der Waals surface area contributed by atoms with Crippen LogP contribution in [0.4, 0.5) is 4.79 Å². The van der Waals surface area contributed by atoms with Gasteiger partial charge in [-0.15, -0.1) is 0 Å². The van der Waals surface area contributed by atoms with E-state index < -0.39 is 10.1 Å². The number of aryl methyl sites for hydroxylation is 1. The van der Waals surface area contributed by atoms with Gasteiger partial charge >= 0.3 is 6.03 Å². The molecular weight excluding hydrogens is 304 g/mol. The van der Waals surface area contributed by atoms with Crippen LogP contribution in [0.2, 0.25) is 0 Å². The van der Waals surface area contributed by atoms with Gasteiger partial charge in [0.2, 0.25) is 0 Å². The summed E-state index contributed by atoms with van der Waals surface area (Å²) in [7, 11) is -2.47. The molecule has 0 atom stereocenters. The van der Waals surface area contributed by atoms with Gasteiger partial charge in [0.1, 0.15) is 0 Å². The van der Waals surface area contributed by atoms with Crippen LogP contribution in [-0.4, -0.2) is 44.0 Å². The van der Waals surface area contributed by atoms with Crippen molar-refractivity contribution >= 4 is 16.1 Å². The summed E-state index contributed by atoms with van der Waals surface area (Å²) in [6.07, 6.45) is 3.89. The number of benzene rings is 1. The third-order valence-electron chi connectivity index (χ3n) is 4.18. The maximum atomic E-state index is 11.5. The maximum Gasteiger partial charge on any atom is 0.317 e. The molecule has 0 radical (unpaired) electrons. The van der Waals surface area contributed by atoms with Crippen LogP contribution in [-0.2, 0) is 16.5 Å². The van der Waals surface area contributed by atoms with E-state index in [1.54, 1.807) is 19.2 Å².